The van der Waals surface area contributed by atoms with Crippen molar-refractivity contribution < 1.29 is 8.42 Å². The van der Waals surface area contributed by atoms with E-state index in [0.717, 1.165) is 5.69 Å². The van der Waals surface area contributed by atoms with Crippen molar-refractivity contribution in [2.45, 2.75) is 19.4 Å². The maximum atomic E-state index is 11.7. The minimum absolute atomic E-state index is 0.0845. The molecule has 0 aliphatic carbocycles. The molecule has 1 unspecified atom stereocenters. The maximum absolute atomic E-state index is 11.7. The highest BCUT2D eigenvalue weighted by molar-refractivity contribution is 7.91. The minimum atomic E-state index is -2.95. The van der Waals surface area contributed by atoms with Crippen molar-refractivity contribution >= 4 is 27.3 Å². The minimum Gasteiger partial charge on any atom is -0.339 e. The molecule has 0 amide bonds. The van der Waals surface area contributed by atoms with Gasteiger partial charge in [0.2, 0.25) is 5.95 Å². The lowest BCUT2D eigenvalue weighted by molar-refractivity contribution is 0.598. The van der Waals surface area contributed by atoms with E-state index in [0.29, 0.717) is 24.7 Å². The van der Waals surface area contributed by atoms with E-state index < -0.39 is 9.84 Å². The van der Waals surface area contributed by atoms with Gasteiger partial charge in [-0.25, -0.2) is 8.42 Å². The fraction of sp³-hybridized carbons (Fsp3) is 0.400. The van der Waals surface area contributed by atoms with Crippen molar-refractivity contribution in [3.8, 4) is 0 Å². The van der Waals surface area contributed by atoms with Gasteiger partial charge in [-0.15, -0.1) is 5.10 Å². The Bertz CT molecular complexity index is 766. The predicted octanol–water partition coefficient (Wildman–Crippen LogP) is 1.63. The summed E-state index contributed by atoms with van der Waals surface area (Å²) in [6, 6.07) is 9.58. The van der Waals surface area contributed by atoms with E-state index in [4.69, 9.17) is 0 Å². The van der Waals surface area contributed by atoms with Crippen LogP contribution in [-0.2, 0) is 9.84 Å². The summed E-state index contributed by atoms with van der Waals surface area (Å²) in [6.07, 6.45) is 2.16. The molecule has 23 heavy (non-hydrogen) atoms. The predicted molar refractivity (Wildman–Crippen MR) is 89.6 cm³/mol. The SMILES string of the molecule is CCN(c1nncc(Nc2ccccc2)n1)C1CCS(=O)(=O)C1. The average Bonchev–Trinajstić information content (AvgIpc) is 2.89. The molecule has 0 saturated carbocycles. The molecule has 0 bridgehead atoms. The summed E-state index contributed by atoms with van der Waals surface area (Å²) >= 11 is 0. The van der Waals surface area contributed by atoms with Gasteiger partial charge in [0.25, 0.3) is 0 Å². The summed E-state index contributed by atoms with van der Waals surface area (Å²) < 4.78 is 23.4. The summed E-state index contributed by atoms with van der Waals surface area (Å²) in [5, 5.41) is 11.2. The Balaban J connectivity index is 1.80. The van der Waals surface area contributed by atoms with E-state index in [2.05, 4.69) is 20.5 Å². The summed E-state index contributed by atoms with van der Waals surface area (Å²) in [5.41, 5.74) is 0.908. The van der Waals surface area contributed by atoms with Crippen LogP contribution in [0.5, 0.6) is 0 Å². The number of hydrogen-bond acceptors (Lipinski definition) is 7. The quantitative estimate of drug-likeness (QED) is 0.889. The molecule has 1 aromatic carbocycles. The van der Waals surface area contributed by atoms with Crippen LogP contribution >= 0.6 is 0 Å². The first-order valence-corrected chi connectivity index (χ1v) is 9.38. The number of para-hydroxylation sites is 1. The molecule has 122 valence electrons. The number of anilines is 3. The van der Waals surface area contributed by atoms with Gasteiger partial charge in [-0.3, -0.25) is 0 Å². The monoisotopic (exact) mass is 333 g/mol. The number of aromatic nitrogens is 3. The van der Waals surface area contributed by atoms with Gasteiger partial charge in [-0.2, -0.15) is 10.1 Å². The molecule has 1 aliphatic rings. The van der Waals surface area contributed by atoms with Crippen LogP contribution in [0.1, 0.15) is 13.3 Å². The van der Waals surface area contributed by atoms with E-state index in [1.165, 1.54) is 0 Å². The molecule has 0 spiro atoms. The van der Waals surface area contributed by atoms with Crippen LogP contribution in [0.4, 0.5) is 17.5 Å². The Morgan fingerprint density at radius 1 is 1.30 bits per heavy atom. The van der Waals surface area contributed by atoms with Crippen molar-refractivity contribution in [1.82, 2.24) is 15.2 Å². The normalized spacial score (nSPS) is 19.4. The molecule has 1 saturated heterocycles. The first-order chi connectivity index (χ1) is 11.1. The third kappa shape index (κ3) is 3.76. The van der Waals surface area contributed by atoms with Crippen LogP contribution in [0.2, 0.25) is 0 Å². The van der Waals surface area contributed by atoms with Crippen LogP contribution in [0.15, 0.2) is 36.5 Å². The molecule has 1 atom stereocenters. The van der Waals surface area contributed by atoms with Crippen molar-refractivity contribution in [3.05, 3.63) is 36.5 Å². The molecule has 1 aliphatic heterocycles. The van der Waals surface area contributed by atoms with Crippen LogP contribution in [0, 0.1) is 0 Å². The first kappa shape index (κ1) is 15.7. The second-order valence-corrected chi connectivity index (χ2v) is 7.70. The summed E-state index contributed by atoms with van der Waals surface area (Å²) in [5.74, 6) is 1.42. The summed E-state index contributed by atoms with van der Waals surface area (Å²) in [7, 11) is -2.95. The second kappa shape index (κ2) is 6.49. The van der Waals surface area contributed by atoms with Gasteiger partial charge >= 0.3 is 0 Å². The van der Waals surface area contributed by atoms with Crippen molar-refractivity contribution in [2.24, 2.45) is 0 Å². The Hall–Kier alpha value is -2.22. The molecule has 2 aromatic rings. The molecule has 0 radical (unpaired) electrons. The lowest BCUT2D eigenvalue weighted by Gasteiger charge is -2.26. The highest BCUT2D eigenvalue weighted by Gasteiger charge is 2.33. The molecule has 1 fully saturated rings. The highest BCUT2D eigenvalue weighted by atomic mass is 32.2. The van der Waals surface area contributed by atoms with Crippen LogP contribution in [-0.4, -0.2) is 47.7 Å². The van der Waals surface area contributed by atoms with E-state index in [1.54, 1.807) is 6.20 Å². The van der Waals surface area contributed by atoms with E-state index in [-0.39, 0.29) is 17.5 Å². The molecule has 2 heterocycles. The molecule has 3 rings (SSSR count). The number of hydrogen-bond donors (Lipinski definition) is 1. The molecule has 8 heteroatoms. The zero-order valence-electron chi connectivity index (χ0n) is 12.9. The molecular weight excluding hydrogens is 314 g/mol. The number of nitrogens with one attached hydrogen (secondary N) is 1. The van der Waals surface area contributed by atoms with E-state index in [1.807, 2.05) is 42.2 Å². The van der Waals surface area contributed by atoms with Gasteiger partial charge in [0.1, 0.15) is 0 Å². The first-order valence-electron chi connectivity index (χ1n) is 7.56. The van der Waals surface area contributed by atoms with Crippen LogP contribution in [0.25, 0.3) is 0 Å². The van der Waals surface area contributed by atoms with Gasteiger partial charge in [0.15, 0.2) is 15.7 Å². The third-order valence-corrected chi connectivity index (χ3v) is 5.59. The van der Waals surface area contributed by atoms with Gasteiger partial charge in [0, 0.05) is 18.3 Å². The Morgan fingerprint density at radius 3 is 2.74 bits per heavy atom. The maximum Gasteiger partial charge on any atom is 0.247 e. The number of rotatable bonds is 5. The van der Waals surface area contributed by atoms with Crippen molar-refractivity contribution in [1.29, 1.82) is 0 Å². The standard InChI is InChI=1S/C15H19N5O2S/c1-2-20(13-8-9-23(21,22)11-13)15-18-14(10-16-19-15)17-12-6-4-3-5-7-12/h3-7,10,13H,2,8-9,11H2,1H3,(H,17,18,19). The molecular formula is C15H19N5O2S. The van der Waals surface area contributed by atoms with Gasteiger partial charge < -0.3 is 10.2 Å². The van der Waals surface area contributed by atoms with Crippen LogP contribution in [0.3, 0.4) is 0 Å². The fourth-order valence-electron chi connectivity index (χ4n) is 2.73. The zero-order valence-corrected chi connectivity index (χ0v) is 13.7. The Morgan fingerprint density at radius 2 is 2.09 bits per heavy atom. The largest absolute Gasteiger partial charge is 0.339 e. The average molecular weight is 333 g/mol. The zero-order chi connectivity index (χ0) is 16.3. The third-order valence-electron chi connectivity index (χ3n) is 3.84. The van der Waals surface area contributed by atoms with Gasteiger partial charge in [-0.05, 0) is 25.5 Å². The number of benzene rings is 1. The second-order valence-electron chi connectivity index (χ2n) is 5.48. The van der Waals surface area contributed by atoms with E-state index in [9.17, 15) is 8.42 Å². The molecule has 1 aromatic heterocycles. The van der Waals surface area contributed by atoms with Crippen molar-refractivity contribution in [3.63, 3.8) is 0 Å². The van der Waals surface area contributed by atoms with E-state index >= 15 is 0 Å². The fourth-order valence-corrected chi connectivity index (χ4v) is 4.46. The lowest BCUT2D eigenvalue weighted by atomic mass is 10.2. The molecule has 7 nitrogen and oxygen atoms in total. The topological polar surface area (TPSA) is 88.1 Å². The summed E-state index contributed by atoms with van der Waals surface area (Å²) in [4.78, 5) is 6.39. The number of nitrogens with zero attached hydrogens (tertiary/aromatic N) is 4. The van der Waals surface area contributed by atoms with Gasteiger partial charge in [-0.1, -0.05) is 18.2 Å². The van der Waals surface area contributed by atoms with Crippen LogP contribution < -0.4 is 10.2 Å². The molecule has 1 N–H and O–H groups in total. The highest BCUT2D eigenvalue weighted by Crippen LogP contribution is 2.22. The Labute approximate surface area is 135 Å². The van der Waals surface area contributed by atoms with Gasteiger partial charge in [0.05, 0.1) is 17.7 Å². The Kier molecular flexibility index (Phi) is 4.42. The lowest BCUT2D eigenvalue weighted by Crippen LogP contribution is -2.37. The smallest absolute Gasteiger partial charge is 0.247 e. The van der Waals surface area contributed by atoms with Crippen molar-refractivity contribution in [2.75, 3.05) is 28.3 Å². The summed E-state index contributed by atoms with van der Waals surface area (Å²) in [6.45, 7) is 2.60. The number of sulfone groups is 1.